The second-order valence-electron chi connectivity index (χ2n) is 3.94. The van der Waals surface area contributed by atoms with E-state index in [0.717, 1.165) is 0 Å². The van der Waals surface area contributed by atoms with E-state index in [9.17, 15) is 4.79 Å². The molecule has 1 aliphatic rings. The number of anilines is 1. The molecule has 2 rings (SSSR count). The molecule has 1 aromatic rings. The van der Waals surface area contributed by atoms with Gasteiger partial charge in [-0.05, 0) is 25.1 Å². The van der Waals surface area contributed by atoms with E-state index < -0.39 is 12.0 Å². The van der Waals surface area contributed by atoms with Crippen LogP contribution in [0.25, 0.3) is 0 Å². The molecule has 6 heteroatoms. The zero-order valence-electron chi connectivity index (χ0n) is 10.3. The predicted molar refractivity (Wildman–Crippen MR) is 72.0 cm³/mol. The third kappa shape index (κ3) is 2.85. The highest BCUT2D eigenvalue weighted by atomic mass is 35.5. The minimum Gasteiger partial charge on any atom is -0.461 e. The van der Waals surface area contributed by atoms with Crippen molar-refractivity contribution in [3.63, 3.8) is 0 Å². The van der Waals surface area contributed by atoms with Crippen LogP contribution in [0.1, 0.15) is 13.3 Å². The van der Waals surface area contributed by atoms with Gasteiger partial charge in [-0.3, -0.25) is 0 Å². The Labute approximate surface area is 116 Å². The van der Waals surface area contributed by atoms with E-state index in [-0.39, 0.29) is 18.7 Å². The van der Waals surface area contributed by atoms with Crippen molar-refractivity contribution in [1.82, 2.24) is 0 Å². The minimum atomic E-state index is -0.516. The Hall–Kier alpha value is -2.06. The van der Waals surface area contributed by atoms with E-state index in [4.69, 9.17) is 21.6 Å². The normalized spacial score (nSPS) is 17.8. The maximum Gasteiger partial charge on any atom is 0.354 e. The molecule has 1 atom stereocenters. The Morgan fingerprint density at radius 1 is 1.68 bits per heavy atom. The Morgan fingerprint density at radius 3 is 3.11 bits per heavy atom. The third-order valence-corrected chi connectivity index (χ3v) is 2.88. The van der Waals surface area contributed by atoms with Crippen LogP contribution in [0.4, 0.5) is 5.69 Å². The number of carbonyl (C=O) groups is 1. The van der Waals surface area contributed by atoms with Crippen LogP contribution >= 0.6 is 11.6 Å². The maximum atomic E-state index is 11.6. The summed E-state index contributed by atoms with van der Waals surface area (Å²) in [5.74, 6) is -0.479. The van der Waals surface area contributed by atoms with E-state index in [1.165, 1.54) is 5.01 Å². The lowest BCUT2D eigenvalue weighted by Gasteiger charge is -2.17. The van der Waals surface area contributed by atoms with Crippen LogP contribution in [0.3, 0.4) is 0 Å². The lowest BCUT2D eigenvalue weighted by atomic mass is 10.1. The van der Waals surface area contributed by atoms with Crippen molar-refractivity contribution in [2.45, 2.75) is 19.4 Å². The molecule has 0 aromatic heterocycles. The van der Waals surface area contributed by atoms with Crippen LogP contribution in [-0.2, 0) is 9.53 Å². The Bertz CT molecular complexity index is 565. The van der Waals surface area contributed by atoms with Crippen molar-refractivity contribution in [2.75, 3.05) is 11.6 Å². The first-order chi connectivity index (χ1) is 9.15. The first kappa shape index (κ1) is 13.4. The van der Waals surface area contributed by atoms with Gasteiger partial charge in [0.05, 0.1) is 18.4 Å². The number of hydrogen-bond donors (Lipinski definition) is 0. The molecule has 19 heavy (non-hydrogen) atoms. The highest BCUT2D eigenvalue weighted by Gasteiger charge is 2.31. The first-order valence-corrected chi connectivity index (χ1v) is 6.22. The molecule has 1 heterocycles. The summed E-state index contributed by atoms with van der Waals surface area (Å²) in [6, 6.07) is 8.59. The summed E-state index contributed by atoms with van der Waals surface area (Å²) in [6.45, 7) is 2.01. The van der Waals surface area contributed by atoms with Crippen molar-refractivity contribution in [1.29, 1.82) is 5.26 Å². The zero-order chi connectivity index (χ0) is 13.8. The van der Waals surface area contributed by atoms with Crippen LogP contribution in [0, 0.1) is 11.3 Å². The smallest absolute Gasteiger partial charge is 0.354 e. The number of nitrogens with zero attached hydrogens (tertiary/aromatic N) is 3. The molecule has 0 amide bonds. The summed E-state index contributed by atoms with van der Waals surface area (Å²) < 4.78 is 4.89. The Morgan fingerprint density at radius 2 is 2.47 bits per heavy atom. The summed E-state index contributed by atoms with van der Waals surface area (Å²) in [4.78, 5) is 11.6. The second-order valence-corrected chi connectivity index (χ2v) is 4.38. The standard InChI is InChI=1S/C13H12ClN3O2/c1-2-19-13(18)12-7-11(8-15)17(16-12)10-5-3-4-9(14)6-10/h3-6,11H,2,7H2,1H3. The molecule has 1 aromatic carbocycles. The van der Waals surface area contributed by atoms with E-state index in [1.54, 1.807) is 31.2 Å². The van der Waals surface area contributed by atoms with Crippen LogP contribution in [-0.4, -0.2) is 24.3 Å². The molecule has 0 fully saturated rings. The second kappa shape index (κ2) is 5.72. The predicted octanol–water partition coefficient (Wildman–Crippen LogP) is 2.36. The van der Waals surface area contributed by atoms with Gasteiger partial charge in [-0.25, -0.2) is 9.80 Å². The number of halogens is 1. The van der Waals surface area contributed by atoms with Gasteiger partial charge < -0.3 is 4.74 Å². The topological polar surface area (TPSA) is 65.7 Å². The SMILES string of the molecule is CCOC(=O)C1=NN(c2cccc(Cl)c2)C(C#N)C1. The molecule has 1 aliphatic heterocycles. The van der Waals surface area contributed by atoms with E-state index >= 15 is 0 Å². The number of benzene rings is 1. The van der Waals surface area contributed by atoms with Gasteiger partial charge in [-0.15, -0.1) is 0 Å². The number of rotatable bonds is 3. The van der Waals surface area contributed by atoms with Gasteiger partial charge >= 0.3 is 5.97 Å². The summed E-state index contributed by atoms with van der Waals surface area (Å²) in [7, 11) is 0. The molecule has 0 saturated carbocycles. The van der Waals surface area contributed by atoms with Crippen molar-refractivity contribution in [3.05, 3.63) is 29.3 Å². The molecular weight excluding hydrogens is 266 g/mol. The van der Waals surface area contributed by atoms with Crippen molar-refractivity contribution >= 4 is 29.0 Å². The fourth-order valence-electron chi connectivity index (χ4n) is 1.81. The van der Waals surface area contributed by atoms with E-state index in [0.29, 0.717) is 10.7 Å². The molecule has 5 nitrogen and oxygen atoms in total. The molecule has 0 bridgehead atoms. The monoisotopic (exact) mass is 277 g/mol. The van der Waals surface area contributed by atoms with Gasteiger partial charge in [0.2, 0.25) is 0 Å². The van der Waals surface area contributed by atoms with E-state index in [2.05, 4.69) is 11.2 Å². The number of hydrogen-bond acceptors (Lipinski definition) is 5. The largest absolute Gasteiger partial charge is 0.461 e. The van der Waals surface area contributed by atoms with Crippen LogP contribution in [0.15, 0.2) is 29.4 Å². The molecule has 0 N–H and O–H groups in total. The van der Waals surface area contributed by atoms with Gasteiger partial charge in [0.1, 0.15) is 11.8 Å². The highest BCUT2D eigenvalue weighted by Crippen LogP contribution is 2.26. The fraction of sp³-hybridized carbons (Fsp3) is 0.308. The zero-order valence-corrected chi connectivity index (χ0v) is 11.1. The molecular formula is C13H12ClN3O2. The molecule has 98 valence electrons. The summed E-state index contributed by atoms with van der Waals surface area (Å²) in [5.41, 5.74) is 0.937. The van der Waals surface area contributed by atoms with Crippen molar-refractivity contribution in [3.8, 4) is 6.07 Å². The van der Waals surface area contributed by atoms with Gasteiger partial charge in [0.15, 0.2) is 0 Å². The molecule has 1 unspecified atom stereocenters. The van der Waals surface area contributed by atoms with E-state index in [1.807, 2.05) is 0 Å². The highest BCUT2D eigenvalue weighted by molar-refractivity contribution is 6.37. The number of ether oxygens (including phenoxy) is 1. The van der Waals surface area contributed by atoms with Crippen molar-refractivity contribution < 1.29 is 9.53 Å². The lowest BCUT2D eigenvalue weighted by molar-refractivity contribution is -0.135. The van der Waals surface area contributed by atoms with Gasteiger partial charge in [0.25, 0.3) is 0 Å². The van der Waals surface area contributed by atoms with Gasteiger partial charge in [-0.2, -0.15) is 10.4 Å². The van der Waals surface area contributed by atoms with Gasteiger partial charge in [0, 0.05) is 11.4 Å². The average Bonchev–Trinajstić information content (AvgIpc) is 2.83. The summed E-state index contributed by atoms with van der Waals surface area (Å²) in [6.07, 6.45) is 0.252. The minimum absolute atomic E-state index is 0.252. The number of hydrazone groups is 1. The number of esters is 1. The Kier molecular flexibility index (Phi) is 4.03. The average molecular weight is 278 g/mol. The quantitative estimate of drug-likeness (QED) is 0.796. The van der Waals surface area contributed by atoms with Crippen LogP contribution < -0.4 is 5.01 Å². The summed E-state index contributed by atoms with van der Waals surface area (Å²) >= 11 is 5.91. The Balaban J connectivity index is 2.28. The van der Waals surface area contributed by atoms with Gasteiger partial charge in [-0.1, -0.05) is 17.7 Å². The molecule has 0 spiro atoms. The van der Waals surface area contributed by atoms with Crippen molar-refractivity contribution in [2.24, 2.45) is 5.10 Å². The third-order valence-electron chi connectivity index (χ3n) is 2.64. The first-order valence-electron chi connectivity index (χ1n) is 5.84. The lowest BCUT2D eigenvalue weighted by Crippen LogP contribution is -2.24. The number of carbonyl (C=O) groups excluding carboxylic acids is 1. The maximum absolute atomic E-state index is 11.6. The van der Waals surface area contributed by atoms with Crippen LogP contribution in [0.2, 0.25) is 5.02 Å². The molecule has 0 saturated heterocycles. The fourth-order valence-corrected chi connectivity index (χ4v) is 1.99. The molecule has 0 radical (unpaired) electrons. The molecule has 0 aliphatic carbocycles. The van der Waals surface area contributed by atoms with Crippen LogP contribution in [0.5, 0.6) is 0 Å². The summed E-state index contributed by atoms with van der Waals surface area (Å²) in [5, 5.41) is 15.4. The number of nitriles is 1.